The minimum Gasteiger partial charge on any atom is -0.494 e. The number of anilines is 2. The summed E-state index contributed by atoms with van der Waals surface area (Å²) in [5.41, 5.74) is 4.53. The van der Waals surface area contributed by atoms with Crippen molar-refractivity contribution in [3.8, 4) is 5.75 Å². The van der Waals surface area contributed by atoms with Crippen molar-refractivity contribution in [3.63, 3.8) is 0 Å². The third-order valence-corrected chi connectivity index (χ3v) is 5.92. The van der Waals surface area contributed by atoms with Crippen LogP contribution in [0.4, 0.5) is 11.4 Å². The first kappa shape index (κ1) is 18.7. The fourth-order valence-electron chi connectivity index (χ4n) is 3.31. The Kier molecular flexibility index (Phi) is 4.90. The number of hydrogen-bond acceptors (Lipinski definition) is 5. The molecule has 148 valence electrons. The van der Waals surface area contributed by atoms with E-state index in [1.54, 1.807) is 11.3 Å². The smallest absolute Gasteiger partial charge is 0.175 e. The van der Waals surface area contributed by atoms with Gasteiger partial charge in [0.1, 0.15) is 16.1 Å². The number of nitrogens with one attached hydrogen (secondary N) is 2. The summed E-state index contributed by atoms with van der Waals surface area (Å²) >= 11 is 7.13. The van der Waals surface area contributed by atoms with Crippen molar-refractivity contribution in [2.75, 3.05) is 17.2 Å². The molecule has 5 aromatic rings. The Hall–Kier alpha value is -3.29. The van der Waals surface area contributed by atoms with E-state index in [2.05, 4.69) is 22.8 Å². The van der Waals surface area contributed by atoms with E-state index in [1.807, 2.05) is 61.5 Å². The van der Waals surface area contributed by atoms with E-state index in [1.165, 1.54) is 0 Å². The summed E-state index contributed by atoms with van der Waals surface area (Å²) in [5, 5.41) is 8.06. The number of thiocarbonyl (C=S) groups is 1. The van der Waals surface area contributed by atoms with Crippen LogP contribution in [0, 0.1) is 0 Å². The largest absolute Gasteiger partial charge is 0.494 e. The molecule has 0 aliphatic rings. The molecule has 0 aliphatic heterocycles. The van der Waals surface area contributed by atoms with Crippen LogP contribution in [0.3, 0.4) is 0 Å². The Morgan fingerprint density at radius 2 is 1.63 bits per heavy atom. The van der Waals surface area contributed by atoms with E-state index in [9.17, 15) is 0 Å². The van der Waals surface area contributed by atoms with Gasteiger partial charge in [-0.05, 0) is 73.7 Å². The maximum atomic E-state index is 5.48. The Labute approximate surface area is 182 Å². The van der Waals surface area contributed by atoms with Gasteiger partial charge in [-0.25, -0.2) is 9.97 Å². The molecule has 7 heteroatoms. The highest BCUT2D eigenvalue weighted by molar-refractivity contribution is 7.80. The van der Waals surface area contributed by atoms with Crippen LogP contribution in [-0.4, -0.2) is 21.7 Å². The molecule has 0 amide bonds. The van der Waals surface area contributed by atoms with Gasteiger partial charge < -0.3 is 15.4 Å². The van der Waals surface area contributed by atoms with Crippen LogP contribution in [0.25, 0.3) is 31.5 Å². The predicted octanol–water partition coefficient (Wildman–Crippen LogP) is 6.21. The topological polar surface area (TPSA) is 59.1 Å². The molecule has 30 heavy (non-hydrogen) atoms. The van der Waals surface area contributed by atoms with E-state index in [4.69, 9.17) is 26.9 Å². The number of benzene rings is 3. The van der Waals surface area contributed by atoms with Crippen molar-refractivity contribution in [3.05, 3.63) is 66.7 Å². The van der Waals surface area contributed by atoms with Crippen molar-refractivity contribution in [2.45, 2.75) is 6.92 Å². The van der Waals surface area contributed by atoms with Crippen molar-refractivity contribution in [2.24, 2.45) is 0 Å². The third kappa shape index (κ3) is 3.65. The molecule has 0 atom stereocenters. The molecular formula is C23H18N4OS2. The molecule has 0 aliphatic carbocycles. The van der Waals surface area contributed by atoms with Crippen molar-refractivity contribution in [1.29, 1.82) is 0 Å². The summed E-state index contributed by atoms with van der Waals surface area (Å²) in [5.74, 6) is 0.838. The number of ether oxygens (including phenoxy) is 1. The fraction of sp³-hybridized carbons (Fsp3) is 0.0870. The van der Waals surface area contributed by atoms with Gasteiger partial charge in [0, 0.05) is 21.5 Å². The molecule has 5 rings (SSSR count). The normalized spacial score (nSPS) is 11.1. The minimum atomic E-state index is 0.523. The molecule has 0 bridgehead atoms. The lowest BCUT2D eigenvalue weighted by Gasteiger charge is -2.11. The van der Waals surface area contributed by atoms with Gasteiger partial charge in [-0.3, -0.25) is 0 Å². The lowest BCUT2D eigenvalue weighted by molar-refractivity contribution is 0.340. The predicted molar refractivity (Wildman–Crippen MR) is 130 cm³/mol. The van der Waals surface area contributed by atoms with E-state index >= 15 is 0 Å². The highest BCUT2D eigenvalue weighted by Crippen LogP contribution is 2.34. The van der Waals surface area contributed by atoms with Gasteiger partial charge in [0.2, 0.25) is 0 Å². The van der Waals surface area contributed by atoms with Gasteiger partial charge in [0.05, 0.1) is 17.6 Å². The molecule has 2 aromatic heterocycles. The molecule has 0 spiro atoms. The summed E-state index contributed by atoms with van der Waals surface area (Å²) in [4.78, 5) is 10.5. The first-order chi connectivity index (χ1) is 14.7. The Bertz CT molecular complexity index is 1380. The van der Waals surface area contributed by atoms with Crippen LogP contribution >= 0.6 is 23.6 Å². The van der Waals surface area contributed by atoms with Crippen molar-refractivity contribution in [1.82, 2.24) is 9.97 Å². The molecule has 2 N–H and O–H groups in total. The van der Waals surface area contributed by atoms with E-state index in [-0.39, 0.29) is 0 Å². The molecule has 0 fully saturated rings. The standard InChI is InChI=1S/C23H18N4OS2/c1-2-28-16-10-7-14(8-11-16)24-23(29)25-15-9-12-20-17(13-15)21-22(30-20)27-19-6-4-3-5-18(19)26-21/h3-13H,2H2,1H3,(H2,24,25,29). The first-order valence-corrected chi connectivity index (χ1v) is 10.8. The van der Waals surface area contributed by atoms with Gasteiger partial charge in [0.25, 0.3) is 0 Å². The SMILES string of the molecule is CCOc1ccc(NC(=S)Nc2ccc3sc4nc5ccccc5nc4c3c2)cc1. The van der Waals surface area contributed by atoms with Gasteiger partial charge in [-0.1, -0.05) is 12.1 Å². The van der Waals surface area contributed by atoms with Crippen LogP contribution < -0.4 is 15.4 Å². The molecule has 0 radical (unpaired) electrons. The number of aromatic nitrogens is 2. The maximum Gasteiger partial charge on any atom is 0.175 e. The highest BCUT2D eigenvalue weighted by Gasteiger charge is 2.10. The molecule has 5 nitrogen and oxygen atoms in total. The fourth-order valence-corrected chi connectivity index (χ4v) is 4.55. The Balaban J connectivity index is 1.40. The molecule has 0 saturated heterocycles. The Morgan fingerprint density at radius 3 is 2.40 bits per heavy atom. The second kappa shape index (κ2) is 7.85. The number of rotatable bonds is 4. The zero-order chi connectivity index (χ0) is 20.5. The molecule has 3 aromatic carbocycles. The molecular weight excluding hydrogens is 412 g/mol. The van der Waals surface area contributed by atoms with E-state index in [0.717, 1.165) is 48.6 Å². The summed E-state index contributed by atoms with van der Waals surface area (Å²) in [7, 11) is 0. The average molecular weight is 431 g/mol. The summed E-state index contributed by atoms with van der Waals surface area (Å²) in [6.45, 7) is 2.61. The van der Waals surface area contributed by atoms with E-state index in [0.29, 0.717) is 11.7 Å². The van der Waals surface area contributed by atoms with Crippen LogP contribution in [0.5, 0.6) is 5.75 Å². The first-order valence-electron chi connectivity index (χ1n) is 9.59. The average Bonchev–Trinajstić information content (AvgIpc) is 3.10. The van der Waals surface area contributed by atoms with Gasteiger partial charge >= 0.3 is 0 Å². The second-order valence-electron chi connectivity index (χ2n) is 6.72. The van der Waals surface area contributed by atoms with Gasteiger partial charge in [0.15, 0.2) is 5.11 Å². The third-order valence-electron chi connectivity index (χ3n) is 4.66. The zero-order valence-corrected chi connectivity index (χ0v) is 17.8. The van der Waals surface area contributed by atoms with Gasteiger partial charge in [-0.2, -0.15) is 0 Å². The number of nitrogens with zero attached hydrogens (tertiary/aromatic N) is 2. The van der Waals surface area contributed by atoms with Crippen LogP contribution in [-0.2, 0) is 0 Å². The van der Waals surface area contributed by atoms with Crippen LogP contribution in [0.1, 0.15) is 6.92 Å². The number of para-hydroxylation sites is 2. The Morgan fingerprint density at radius 1 is 0.933 bits per heavy atom. The van der Waals surface area contributed by atoms with Crippen LogP contribution in [0.15, 0.2) is 66.7 Å². The van der Waals surface area contributed by atoms with Crippen molar-refractivity contribution < 1.29 is 4.74 Å². The number of fused-ring (bicyclic) bond motifs is 4. The molecule has 0 saturated carbocycles. The zero-order valence-electron chi connectivity index (χ0n) is 16.2. The minimum absolute atomic E-state index is 0.523. The summed E-state index contributed by atoms with van der Waals surface area (Å²) in [6, 6.07) is 21.8. The second-order valence-corrected chi connectivity index (χ2v) is 8.15. The quantitative estimate of drug-likeness (QED) is 0.331. The molecule has 0 unspecified atom stereocenters. The van der Waals surface area contributed by atoms with Crippen LogP contribution in [0.2, 0.25) is 0 Å². The van der Waals surface area contributed by atoms with Crippen molar-refractivity contribution >= 4 is 71.5 Å². The lowest BCUT2D eigenvalue weighted by atomic mass is 10.2. The lowest BCUT2D eigenvalue weighted by Crippen LogP contribution is -2.18. The molecule has 2 heterocycles. The maximum absolute atomic E-state index is 5.48. The summed E-state index contributed by atoms with van der Waals surface area (Å²) in [6.07, 6.45) is 0. The van der Waals surface area contributed by atoms with Gasteiger partial charge in [-0.15, -0.1) is 11.3 Å². The monoisotopic (exact) mass is 430 g/mol. The highest BCUT2D eigenvalue weighted by atomic mass is 32.1. The summed E-state index contributed by atoms with van der Waals surface area (Å²) < 4.78 is 6.62. The number of thiophene rings is 1. The van der Waals surface area contributed by atoms with E-state index < -0.39 is 0 Å². The number of hydrogen-bond donors (Lipinski definition) is 2.